The number of nitrogen functional groups attached to an aromatic ring is 1. The Morgan fingerprint density at radius 2 is 2.33 bits per heavy atom. The van der Waals surface area contributed by atoms with E-state index in [0.29, 0.717) is 12.1 Å². The number of carbonyl (C=O) groups excluding carboxylic acids is 1. The number of amides is 1. The summed E-state index contributed by atoms with van der Waals surface area (Å²) in [5.41, 5.74) is 6.11. The highest BCUT2D eigenvalue weighted by Gasteiger charge is 2.14. The molecule has 1 rings (SSSR count). The van der Waals surface area contributed by atoms with Gasteiger partial charge >= 0.3 is 0 Å². The second-order valence-corrected chi connectivity index (χ2v) is 3.76. The Kier molecular flexibility index (Phi) is 3.71. The minimum absolute atomic E-state index is 0.152. The summed E-state index contributed by atoms with van der Waals surface area (Å²) in [5, 5.41) is 6.84. The van der Waals surface area contributed by atoms with Crippen molar-refractivity contribution in [3.63, 3.8) is 0 Å². The molecule has 0 fully saturated rings. The van der Waals surface area contributed by atoms with Crippen LogP contribution in [0.3, 0.4) is 0 Å². The van der Waals surface area contributed by atoms with Crippen molar-refractivity contribution in [1.29, 1.82) is 0 Å². The first kappa shape index (κ1) is 11.6. The second kappa shape index (κ2) is 4.82. The molecule has 1 amide bonds. The molecule has 5 heteroatoms. The summed E-state index contributed by atoms with van der Waals surface area (Å²) in [7, 11) is 0. The zero-order chi connectivity index (χ0) is 11.4. The van der Waals surface area contributed by atoms with Crippen LogP contribution >= 0.6 is 0 Å². The molecule has 0 radical (unpaired) electrons. The van der Waals surface area contributed by atoms with Gasteiger partial charge in [-0.2, -0.15) is 5.10 Å². The fraction of sp³-hybridized carbons (Fsp3) is 0.600. The van der Waals surface area contributed by atoms with E-state index in [9.17, 15) is 4.79 Å². The molecule has 0 aliphatic heterocycles. The second-order valence-electron chi connectivity index (χ2n) is 3.76. The quantitative estimate of drug-likeness (QED) is 0.784. The average molecular weight is 210 g/mol. The molecule has 5 nitrogen and oxygen atoms in total. The summed E-state index contributed by atoms with van der Waals surface area (Å²) in [6.45, 7) is 6.63. The number of hydrogen-bond acceptors (Lipinski definition) is 3. The Bertz CT molecular complexity index is 343. The van der Waals surface area contributed by atoms with Gasteiger partial charge < -0.3 is 11.1 Å². The third kappa shape index (κ3) is 2.71. The van der Waals surface area contributed by atoms with Gasteiger partial charge in [0.05, 0.1) is 0 Å². The van der Waals surface area contributed by atoms with E-state index in [1.165, 1.54) is 0 Å². The van der Waals surface area contributed by atoms with Crippen LogP contribution in [0.4, 0.5) is 5.82 Å². The molecular weight excluding hydrogens is 192 g/mol. The van der Waals surface area contributed by atoms with Gasteiger partial charge in [0.2, 0.25) is 0 Å². The molecule has 0 saturated carbocycles. The van der Waals surface area contributed by atoms with E-state index in [-0.39, 0.29) is 17.8 Å². The van der Waals surface area contributed by atoms with Crippen LogP contribution in [0, 0.1) is 0 Å². The van der Waals surface area contributed by atoms with Crippen molar-refractivity contribution in [2.75, 3.05) is 12.3 Å². The molecular formula is C10H18N4O. The van der Waals surface area contributed by atoms with Gasteiger partial charge in [-0.1, -0.05) is 6.92 Å². The Labute approximate surface area is 89.6 Å². The molecule has 0 aliphatic rings. The minimum atomic E-state index is -0.152. The predicted octanol–water partition coefficient (Wildman–Crippen LogP) is 1.19. The van der Waals surface area contributed by atoms with E-state index in [0.717, 1.165) is 6.42 Å². The van der Waals surface area contributed by atoms with Gasteiger partial charge in [0.25, 0.3) is 5.91 Å². The van der Waals surface area contributed by atoms with Crippen molar-refractivity contribution in [3.05, 3.63) is 11.8 Å². The Morgan fingerprint density at radius 1 is 1.67 bits per heavy atom. The van der Waals surface area contributed by atoms with E-state index >= 15 is 0 Å². The number of hydrogen-bond donors (Lipinski definition) is 2. The SMILES string of the molecule is CCCNC(=O)c1cn(C(C)C)nc1N. The van der Waals surface area contributed by atoms with Crippen LogP contribution in [0.15, 0.2) is 6.20 Å². The number of aromatic nitrogens is 2. The van der Waals surface area contributed by atoms with E-state index in [1.54, 1.807) is 10.9 Å². The topological polar surface area (TPSA) is 72.9 Å². The highest BCUT2D eigenvalue weighted by molar-refractivity contribution is 5.98. The highest BCUT2D eigenvalue weighted by atomic mass is 16.1. The third-order valence-corrected chi connectivity index (χ3v) is 2.07. The molecule has 0 aliphatic carbocycles. The fourth-order valence-corrected chi connectivity index (χ4v) is 1.18. The number of carbonyl (C=O) groups is 1. The lowest BCUT2D eigenvalue weighted by atomic mass is 10.3. The molecule has 0 aromatic carbocycles. The third-order valence-electron chi connectivity index (χ3n) is 2.07. The molecule has 0 unspecified atom stereocenters. The van der Waals surface area contributed by atoms with Gasteiger partial charge in [-0.3, -0.25) is 9.48 Å². The van der Waals surface area contributed by atoms with Gasteiger partial charge in [0.1, 0.15) is 5.56 Å². The van der Waals surface area contributed by atoms with Crippen LogP contribution in [-0.4, -0.2) is 22.2 Å². The minimum Gasteiger partial charge on any atom is -0.382 e. The number of rotatable bonds is 4. The molecule has 0 atom stereocenters. The lowest BCUT2D eigenvalue weighted by Gasteiger charge is -2.03. The van der Waals surface area contributed by atoms with Crippen molar-refractivity contribution in [3.8, 4) is 0 Å². The predicted molar refractivity (Wildman–Crippen MR) is 59.6 cm³/mol. The molecule has 84 valence electrons. The smallest absolute Gasteiger partial charge is 0.256 e. The summed E-state index contributed by atoms with van der Waals surface area (Å²) in [5.74, 6) is 0.138. The first-order valence-electron chi connectivity index (χ1n) is 5.19. The lowest BCUT2D eigenvalue weighted by molar-refractivity contribution is 0.0954. The lowest BCUT2D eigenvalue weighted by Crippen LogP contribution is -2.24. The highest BCUT2D eigenvalue weighted by Crippen LogP contribution is 2.12. The molecule has 1 aromatic rings. The van der Waals surface area contributed by atoms with Crippen molar-refractivity contribution < 1.29 is 4.79 Å². The molecule has 15 heavy (non-hydrogen) atoms. The maximum Gasteiger partial charge on any atom is 0.256 e. The Hall–Kier alpha value is -1.52. The zero-order valence-corrected chi connectivity index (χ0v) is 9.45. The van der Waals surface area contributed by atoms with E-state index in [2.05, 4.69) is 10.4 Å². The van der Waals surface area contributed by atoms with Gasteiger partial charge in [0.15, 0.2) is 5.82 Å². The van der Waals surface area contributed by atoms with Crippen LogP contribution in [0.2, 0.25) is 0 Å². The van der Waals surface area contributed by atoms with Gasteiger partial charge in [-0.05, 0) is 20.3 Å². The fourth-order valence-electron chi connectivity index (χ4n) is 1.18. The van der Waals surface area contributed by atoms with E-state index < -0.39 is 0 Å². The van der Waals surface area contributed by atoms with Gasteiger partial charge in [-0.25, -0.2) is 0 Å². The summed E-state index contributed by atoms with van der Waals surface area (Å²) < 4.78 is 1.69. The summed E-state index contributed by atoms with van der Waals surface area (Å²) in [6, 6.07) is 0.208. The number of nitrogens with one attached hydrogen (secondary N) is 1. The zero-order valence-electron chi connectivity index (χ0n) is 9.45. The molecule has 0 saturated heterocycles. The van der Waals surface area contributed by atoms with Crippen LogP contribution in [0.1, 0.15) is 43.6 Å². The van der Waals surface area contributed by atoms with E-state index in [1.807, 2.05) is 20.8 Å². The number of nitrogens with zero attached hydrogens (tertiary/aromatic N) is 2. The average Bonchev–Trinajstić information content (AvgIpc) is 2.57. The Morgan fingerprint density at radius 3 is 2.80 bits per heavy atom. The maximum absolute atomic E-state index is 11.6. The van der Waals surface area contributed by atoms with Crippen molar-refractivity contribution in [1.82, 2.24) is 15.1 Å². The van der Waals surface area contributed by atoms with Crippen molar-refractivity contribution in [2.45, 2.75) is 33.2 Å². The van der Waals surface area contributed by atoms with Gasteiger partial charge in [-0.15, -0.1) is 0 Å². The van der Waals surface area contributed by atoms with Crippen molar-refractivity contribution >= 4 is 11.7 Å². The molecule has 0 bridgehead atoms. The first-order valence-corrected chi connectivity index (χ1v) is 5.19. The van der Waals surface area contributed by atoms with Gasteiger partial charge in [0, 0.05) is 18.8 Å². The maximum atomic E-state index is 11.6. The van der Waals surface area contributed by atoms with E-state index in [4.69, 9.17) is 5.73 Å². The summed E-state index contributed by atoms with van der Waals surface area (Å²) in [6.07, 6.45) is 2.59. The van der Waals surface area contributed by atoms with Crippen LogP contribution in [0.5, 0.6) is 0 Å². The van der Waals surface area contributed by atoms with Crippen LogP contribution < -0.4 is 11.1 Å². The number of anilines is 1. The molecule has 3 N–H and O–H groups in total. The summed E-state index contributed by atoms with van der Waals surface area (Å²) >= 11 is 0. The molecule has 0 spiro atoms. The van der Waals surface area contributed by atoms with Crippen LogP contribution in [-0.2, 0) is 0 Å². The monoisotopic (exact) mass is 210 g/mol. The number of nitrogens with two attached hydrogens (primary N) is 1. The van der Waals surface area contributed by atoms with Crippen molar-refractivity contribution in [2.24, 2.45) is 0 Å². The molecule has 1 aromatic heterocycles. The summed E-state index contributed by atoms with van der Waals surface area (Å²) in [4.78, 5) is 11.6. The first-order chi connectivity index (χ1) is 7.06. The molecule has 1 heterocycles. The normalized spacial score (nSPS) is 10.7. The largest absolute Gasteiger partial charge is 0.382 e. The van der Waals surface area contributed by atoms with Crippen LogP contribution in [0.25, 0.3) is 0 Å². The Balaban J connectivity index is 2.80. The standard InChI is InChI=1S/C10H18N4O/c1-4-5-12-10(15)8-6-14(7(2)3)13-9(8)11/h6-7H,4-5H2,1-3H3,(H2,11,13)(H,12,15).